The lowest BCUT2D eigenvalue weighted by atomic mass is 10.1. The molecule has 43 heavy (non-hydrogen) atoms. The second-order valence-electron chi connectivity index (χ2n) is 9.88. The molecular weight excluding hydrogens is 554 g/mol. The van der Waals surface area contributed by atoms with E-state index in [1.165, 1.54) is 6.20 Å². The van der Waals surface area contributed by atoms with Crippen LogP contribution < -0.4 is 15.7 Å². The highest BCUT2D eigenvalue weighted by atomic mass is 16.5. The number of amides is 2. The number of imidazole rings is 1. The van der Waals surface area contributed by atoms with Crippen LogP contribution in [0.2, 0.25) is 0 Å². The van der Waals surface area contributed by atoms with Crippen LogP contribution in [-0.2, 0) is 23.1 Å². The lowest BCUT2D eigenvalue weighted by molar-refractivity contribution is -0.124. The molecule has 14 nitrogen and oxygen atoms in total. The van der Waals surface area contributed by atoms with Gasteiger partial charge in [0.25, 0.3) is 11.8 Å². The van der Waals surface area contributed by atoms with Crippen LogP contribution in [0, 0.1) is 0 Å². The summed E-state index contributed by atoms with van der Waals surface area (Å²) in [6.07, 6.45) is 8.20. The lowest BCUT2D eigenvalue weighted by Crippen LogP contribution is -2.37. The number of fused-ring (bicyclic) bond motifs is 1. The Morgan fingerprint density at radius 1 is 1.09 bits per heavy atom. The van der Waals surface area contributed by atoms with Crippen LogP contribution in [0.5, 0.6) is 0 Å². The third-order valence-corrected chi connectivity index (χ3v) is 6.99. The quantitative estimate of drug-likeness (QED) is 0.220. The molecule has 0 bridgehead atoms. The van der Waals surface area contributed by atoms with Crippen molar-refractivity contribution in [1.82, 2.24) is 35.2 Å². The fraction of sp³-hybridized carbons (Fsp3) is 0.310. The number of amidine groups is 1. The Kier molecular flexibility index (Phi) is 9.20. The molecule has 1 fully saturated rings. The van der Waals surface area contributed by atoms with Gasteiger partial charge in [-0.3, -0.25) is 14.8 Å². The van der Waals surface area contributed by atoms with Crippen molar-refractivity contribution in [3.05, 3.63) is 71.7 Å². The number of benzene rings is 1. The predicted octanol–water partition coefficient (Wildman–Crippen LogP) is 0.935. The molecular formula is C29H33N9O5. The number of carbonyl (C=O) groups is 2. The van der Waals surface area contributed by atoms with E-state index in [-0.39, 0.29) is 24.6 Å². The van der Waals surface area contributed by atoms with Gasteiger partial charge in [-0.05, 0) is 24.3 Å². The zero-order valence-corrected chi connectivity index (χ0v) is 23.9. The van der Waals surface area contributed by atoms with E-state index in [1.54, 1.807) is 41.9 Å². The minimum absolute atomic E-state index is 0.147. The summed E-state index contributed by atoms with van der Waals surface area (Å²) in [7, 11) is 3.75. The number of nitrogens with one attached hydrogen (secondary N) is 2. The number of aliphatic hydroxyl groups is 1. The minimum Gasteiger partial charge on any atom is -0.395 e. The van der Waals surface area contributed by atoms with Crippen molar-refractivity contribution in [2.24, 2.45) is 12.0 Å². The number of nitrogens with zero attached hydrogens (tertiary/aromatic N) is 7. The third kappa shape index (κ3) is 6.61. The molecule has 2 aromatic heterocycles. The average Bonchev–Trinajstić information content (AvgIpc) is 3.33. The first-order valence-electron chi connectivity index (χ1n) is 13.7. The Labute approximate surface area is 247 Å². The fourth-order valence-corrected chi connectivity index (χ4v) is 4.67. The second-order valence-corrected chi connectivity index (χ2v) is 9.88. The van der Waals surface area contributed by atoms with Crippen molar-refractivity contribution >= 4 is 34.6 Å². The van der Waals surface area contributed by atoms with E-state index < -0.39 is 5.91 Å². The van der Waals surface area contributed by atoms with Crippen LogP contribution in [0.3, 0.4) is 0 Å². The normalized spacial score (nSPS) is 18.9. The summed E-state index contributed by atoms with van der Waals surface area (Å²) in [6, 6.07) is 7.06. The van der Waals surface area contributed by atoms with Crippen molar-refractivity contribution < 1.29 is 24.6 Å². The highest BCUT2D eigenvalue weighted by Crippen LogP contribution is 2.29. The number of carbonyl (C=O) groups excluding carboxylic acids is 2. The zero-order valence-electron chi connectivity index (χ0n) is 23.9. The van der Waals surface area contributed by atoms with E-state index in [2.05, 4.69) is 15.2 Å². The average molecular weight is 588 g/mol. The Balaban J connectivity index is 1.52. The number of hydrogen-bond acceptors (Lipinski definition) is 11. The summed E-state index contributed by atoms with van der Waals surface area (Å²) >= 11 is 0. The maximum Gasteiger partial charge on any atom is 0.276 e. The first kappa shape index (κ1) is 29.6. The van der Waals surface area contributed by atoms with Crippen LogP contribution in [0.15, 0.2) is 65.3 Å². The maximum atomic E-state index is 12.6. The van der Waals surface area contributed by atoms with E-state index >= 15 is 0 Å². The van der Waals surface area contributed by atoms with E-state index in [0.29, 0.717) is 78.4 Å². The molecule has 2 aliphatic rings. The highest BCUT2D eigenvalue weighted by molar-refractivity contribution is 5.98. The van der Waals surface area contributed by atoms with Crippen LogP contribution in [0.1, 0.15) is 16.2 Å². The number of likely N-dealkylation sites (N-methyl/N-ethyl adjacent to an activating group) is 1. The van der Waals surface area contributed by atoms with Gasteiger partial charge in [0.2, 0.25) is 0 Å². The molecule has 2 amide bonds. The lowest BCUT2D eigenvalue weighted by Gasteiger charge is -2.28. The number of allylic oxidation sites excluding steroid dienone is 2. The number of anilines is 1. The molecule has 2 aliphatic heterocycles. The molecule has 5 rings (SSSR count). The molecule has 4 heterocycles. The number of hydroxylamine groups is 1. The molecule has 3 aromatic rings. The number of aliphatic imine (C=N–C) groups is 1. The highest BCUT2D eigenvalue weighted by Gasteiger charge is 2.23. The minimum atomic E-state index is -0.658. The van der Waals surface area contributed by atoms with Gasteiger partial charge in [-0.2, -0.15) is 0 Å². The molecule has 0 aliphatic carbocycles. The number of rotatable bonds is 8. The van der Waals surface area contributed by atoms with Crippen molar-refractivity contribution in [2.45, 2.75) is 6.54 Å². The molecule has 0 radical (unpaired) electrons. The summed E-state index contributed by atoms with van der Waals surface area (Å²) in [5.74, 6) is 1.47. The van der Waals surface area contributed by atoms with Gasteiger partial charge in [-0.1, -0.05) is 24.3 Å². The van der Waals surface area contributed by atoms with Crippen LogP contribution >= 0.6 is 0 Å². The van der Waals surface area contributed by atoms with Gasteiger partial charge in [0.05, 0.1) is 31.9 Å². The molecule has 224 valence electrons. The van der Waals surface area contributed by atoms with E-state index in [9.17, 15) is 9.59 Å². The number of hydrogen-bond donors (Lipinski definition) is 4. The van der Waals surface area contributed by atoms with Gasteiger partial charge in [0.1, 0.15) is 11.7 Å². The molecule has 1 aromatic carbocycles. The van der Waals surface area contributed by atoms with Gasteiger partial charge >= 0.3 is 0 Å². The second kappa shape index (κ2) is 13.4. The number of morpholine rings is 1. The fourth-order valence-electron chi connectivity index (χ4n) is 4.67. The topological polar surface area (TPSA) is 170 Å². The van der Waals surface area contributed by atoms with Crippen molar-refractivity contribution in [3.63, 3.8) is 0 Å². The van der Waals surface area contributed by atoms with Gasteiger partial charge < -0.3 is 29.5 Å². The Morgan fingerprint density at radius 2 is 1.88 bits per heavy atom. The molecule has 0 atom stereocenters. The maximum absolute atomic E-state index is 12.6. The molecule has 1 saturated heterocycles. The molecule has 0 unspecified atom stereocenters. The number of ether oxygens (including phenoxy) is 1. The summed E-state index contributed by atoms with van der Waals surface area (Å²) < 4.78 is 7.48. The summed E-state index contributed by atoms with van der Waals surface area (Å²) in [5.41, 5.74) is 4.21. The molecule has 0 spiro atoms. The first-order valence-corrected chi connectivity index (χ1v) is 13.7. The summed E-state index contributed by atoms with van der Waals surface area (Å²) in [6.45, 7) is 2.80. The smallest absolute Gasteiger partial charge is 0.276 e. The van der Waals surface area contributed by atoms with E-state index in [1.807, 2.05) is 35.7 Å². The van der Waals surface area contributed by atoms with Gasteiger partial charge in [-0.15, -0.1) is 0 Å². The van der Waals surface area contributed by atoms with Crippen LogP contribution in [0.4, 0.5) is 5.82 Å². The summed E-state index contributed by atoms with van der Waals surface area (Å²) in [4.78, 5) is 47.6. The third-order valence-electron chi connectivity index (χ3n) is 6.99. The number of aryl methyl sites for hydroxylation is 1. The monoisotopic (exact) mass is 587 g/mol. The van der Waals surface area contributed by atoms with E-state index in [4.69, 9.17) is 30.0 Å². The summed E-state index contributed by atoms with van der Waals surface area (Å²) in [5, 5.41) is 20.7. The number of aliphatic hydroxyl groups excluding tert-OH is 1. The van der Waals surface area contributed by atoms with Crippen molar-refractivity contribution in [3.8, 4) is 11.4 Å². The Hall–Kier alpha value is -4.92. The van der Waals surface area contributed by atoms with Crippen molar-refractivity contribution in [2.75, 3.05) is 51.4 Å². The standard InChI is InChI=1S/C29H33N9O5/c1-36(22-9-4-3-6-21(17-31-22)29(41)35-42)18-23-32-24-26(37(23)2)33-25(34-27(24)38-11-14-43-15-12-38)19-7-5-8-20(16-19)28(40)30-10-13-39/h3-9,16-17,39,42H,10-15,18H2,1-2H3,(H,30,40)(H,35,41)/b4-3?,6-3+,9-4+,21-6?,21-17+,22-9?,31-17?,31-22+. The Morgan fingerprint density at radius 3 is 2.65 bits per heavy atom. The van der Waals surface area contributed by atoms with Gasteiger partial charge in [0, 0.05) is 51.1 Å². The molecule has 0 saturated carbocycles. The first-order chi connectivity index (χ1) is 20.9. The molecule has 4 N–H and O–H groups in total. The van der Waals surface area contributed by atoms with E-state index in [0.717, 1.165) is 0 Å². The predicted molar refractivity (Wildman–Crippen MR) is 159 cm³/mol. The van der Waals surface area contributed by atoms with Crippen LogP contribution in [-0.4, -0.2) is 98.9 Å². The number of aromatic nitrogens is 4. The van der Waals surface area contributed by atoms with Crippen molar-refractivity contribution in [1.29, 1.82) is 0 Å². The van der Waals surface area contributed by atoms with Gasteiger partial charge in [0.15, 0.2) is 22.8 Å². The molecule has 14 heteroatoms. The zero-order chi connectivity index (χ0) is 30.3. The van der Waals surface area contributed by atoms with Crippen LogP contribution in [0.25, 0.3) is 22.6 Å². The van der Waals surface area contributed by atoms with Gasteiger partial charge in [-0.25, -0.2) is 25.4 Å². The Bertz CT molecular complexity index is 1640. The largest absolute Gasteiger partial charge is 0.395 e. The SMILES string of the molecule is CN(Cc1nc2c(N3CCOCC3)nc(-c3cccc(C(=O)NCCO)c3)nc2n1C)C1=N/C=C(C(=O)NO)\C=C\C=C\1.